The van der Waals surface area contributed by atoms with Gasteiger partial charge in [0.1, 0.15) is 23.3 Å². The Kier molecular flexibility index (Phi) is 7.12. The molecule has 10 rings (SSSR count). The molecule has 0 saturated heterocycles. The van der Waals surface area contributed by atoms with E-state index >= 15 is 0 Å². The molecule has 2 aromatic carbocycles. The van der Waals surface area contributed by atoms with Gasteiger partial charge in [-0.1, -0.05) is 0 Å². The van der Waals surface area contributed by atoms with Crippen molar-refractivity contribution in [3.05, 3.63) is 70.8 Å². The van der Waals surface area contributed by atoms with E-state index in [-0.39, 0.29) is 17.7 Å². The summed E-state index contributed by atoms with van der Waals surface area (Å²) in [5.41, 5.74) is -1.61. The van der Waals surface area contributed by atoms with E-state index in [1.807, 2.05) is 0 Å². The molecule has 14 heteroatoms. The van der Waals surface area contributed by atoms with Gasteiger partial charge in [0.15, 0.2) is 0 Å². The topological polar surface area (TPSA) is 123 Å². The van der Waals surface area contributed by atoms with Crippen LogP contribution in [-0.4, -0.2) is 70.2 Å². The number of benzene rings is 2. The third-order valence-electron chi connectivity index (χ3n) is 10.9. The van der Waals surface area contributed by atoms with Gasteiger partial charge in [-0.2, -0.15) is 10.2 Å². The number of rotatable bonds is 6. The van der Waals surface area contributed by atoms with Gasteiger partial charge in [0.25, 0.3) is 0 Å². The Morgan fingerprint density at radius 2 is 1.00 bits per heavy atom. The SMILES string of the molecule is CN(C)C(=O)C12CC(C(=O)N3N=CCC3c3cc(F)cc(F)c3)(C1)C2.O=C(O)C12CC(C(=O)N3N=CCC3c3cc(F)cc(F)c3)(C1)C2. The van der Waals surface area contributed by atoms with Crippen molar-refractivity contribution in [2.24, 2.45) is 31.9 Å². The first-order valence-electron chi connectivity index (χ1n) is 15.7. The Labute approximate surface area is 273 Å². The maximum atomic E-state index is 13.5. The summed E-state index contributed by atoms with van der Waals surface area (Å²) >= 11 is 0. The standard InChI is InChI=1S/C18H19F2N3O2.C16H14F2N2O3/c1-22(2)15(24)17-8-18(9-17,10-17)16(25)23-14(3-4-21-23)11-5-12(19)7-13(20)6-11;17-10-3-9(4-11(18)5-10)12-1-2-19-20(12)13(21)15-6-16(7-15,8-15)14(22)23/h4-7,14H,3,8-10H2,1-2H3;2-5,12H,1,6-8H2,(H,22,23). The second kappa shape index (κ2) is 10.7. The number of hydrogen-bond donors (Lipinski definition) is 1. The number of carboxylic acid groups (broad SMARTS) is 1. The molecule has 10 nitrogen and oxygen atoms in total. The molecule has 4 bridgehead atoms. The Morgan fingerprint density at radius 1 is 0.646 bits per heavy atom. The summed E-state index contributed by atoms with van der Waals surface area (Å²) < 4.78 is 53.9. The maximum Gasteiger partial charge on any atom is 0.309 e. The lowest BCUT2D eigenvalue weighted by molar-refractivity contribution is -0.227. The van der Waals surface area contributed by atoms with Crippen LogP contribution in [0.5, 0.6) is 0 Å². The van der Waals surface area contributed by atoms with E-state index < -0.39 is 63.0 Å². The lowest BCUT2D eigenvalue weighted by atomic mass is 9.34. The average molecular weight is 668 g/mol. The second-order valence-electron chi connectivity index (χ2n) is 14.5. The van der Waals surface area contributed by atoms with E-state index in [1.165, 1.54) is 34.3 Å². The van der Waals surface area contributed by atoms with Crippen LogP contribution in [0.25, 0.3) is 0 Å². The van der Waals surface area contributed by atoms with Gasteiger partial charge in [-0.05, 0) is 73.9 Å². The highest BCUT2D eigenvalue weighted by atomic mass is 19.1. The molecule has 2 atom stereocenters. The van der Waals surface area contributed by atoms with E-state index in [1.54, 1.807) is 31.4 Å². The van der Waals surface area contributed by atoms with E-state index in [0.29, 0.717) is 62.5 Å². The fourth-order valence-corrected chi connectivity index (χ4v) is 8.75. The van der Waals surface area contributed by atoms with Gasteiger partial charge in [-0.3, -0.25) is 19.2 Å². The van der Waals surface area contributed by atoms with E-state index in [2.05, 4.69) is 10.2 Å². The molecule has 8 aliphatic rings. The Hall–Kier alpha value is -4.62. The zero-order valence-electron chi connectivity index (χ0n) is 26.3. The molecular formula is C34H33F4N5O5. The quantitative estimate of drug-likeness (QED) is 0.437. The molecule has 6 saturated carbocycles. The van der Waals surface area contributed by atoms with Crippen molar-refractivity contribution in [3.8, 4) is 0 Å². The van der Waals surface area contributed by atoms with Gasteiger partial charge in [0.05, 0.1) is 33.7 Å². The van der Waals surface area contributed by atoms with Crippen LogP contribution in [0.2, 0.25) is 0 Å². The molecule has 48 heavy (non-hydrogen) atoms. The third-order valence-corrected chi connectivity index (χ3v) is 10.9. The molecule has 0 aromatic heterocycles. The average Bonchev–Trinajstić information content (AvgIpc) is 3.59. The number of nitrogens with zero attached hydrogens (tertiary/aromatic N) is 5. The lowest BCUT2D eigenvalue weighted by Crippen LogP contribution is -2.72. The van der Waals surface area contributed by atoms with Crippen LogP contribution in [0.4, 0.5) is 17.6 Å². The Morgan fingerprint density at radius 3 is 1.33 bits per heavy atom. The molecule has 3 amide bonds. The van der Waals surface area contributed by atoms with Gasteiger partial charge >= 0.3 is 5.97 Å². The van der Waals surface area contributed by atoms with Gasteiger partial charge in [-0.25, -0.2) is 27.6 Å². The van der Waals surface area contributed by atoms with E-state index in [4.69, 9.17) is 5.11 Å². The van der Waals surface area contributed by atoms with Crippen molar-refractivity contribution >= 4 is 36.1 Å². The largest absolute Gasteiger partial charge is 0.481 e. The first-order valence-corrected chi connectivity index (χ1v) is 15.7. The molecule has 2 aliphatic heterocycles. The summed E-state index contributed by atoms with van der Waals surface area (Å²) in [5, 5.41) is 20.0. The first-order chi connectivity index (χ1) is 22.6. The van der Waals surface area contributed by atoms with Crippen molar-refractivity contribution in [1.29, 1.82) is 0 Å². The highest BCUT2D eigenvalue weighted by molar-refractivity contribution is 5.96. The van der Waals surface area contributed by atoms with Crippen molar-refractivity contribution in [3.63, 3.8) is 0 Å². The van der Waals surface area contributed by atoms with Gasteiger partial charge in [0, 0.05) is 51.5 Å². The molecule has 6 aliphatic carbocycles. The van der Waals surface area contributed by atoms with Crippen LogP contribution in [0.3, 0.4) is 0 Å². The summed E-state index contributed by atoms with van der Waals surface area (Å²) in [7, 11) is 3.44. The summed E-state index contributed by atoms with van der Waals surface area (Å²) in [4.78, 5) is 50.7. The Bertz CT molecular complexity index is 1750. The predicted molar refractivity (Wildman–Crippen MR) is 162 cm³/mol. The summed E-state index contributed by atoms with van der Waals surface area (Å²) in [5.74, 6) is -3.93. The van der Waals surface area contributed by atoms with Crippen LogP contribution in [0, 0.1) is 44.9 Å². The maximum absolute atomic E-state index is 13.5. The van der Waals surface area contributed by atoms with E-state index in [0.717, 1.165) is 12.1 Å². The summed E-state index contributed by atoms with van der Waals surface area (Å²) in [6.45, 7) is 0. The van der Waals surface area contributed by atoms with Crippen LogP contribution < -0.4 is 0 Å². The number of carbonyl (C=O) groups excluding carboxylic acids is 3. The van der Waals surface area contributed by atoms with Crippen molar-refractivity contribution in [1.82, 2.24) is 14.9 Å². The fraction of sp³-hybridized carbons (Fsp3) is 0.471. The molecule has 2 heterocycles. The first kappa shape index (κ1) is 32.0. The fourth-order valence-electron chi connectivity index (χ4n) is 8.75. The molecule has 6 fully saturated rings. The molecule has 2 unspecified atom stereocenters. The summed E-state index contributed by atoms with van der Waals surface area (Å²) in [6, 6.07) is 5.43. The zero-order valence-corrected chi connectivity index (χ0v) is 26.3. The number of aliphatic carboxylic acids is 1. The number of amides is 3. The van der Waals surface area contributed by atoms with Gasteiger partial charge < -0.3 is 10.0 Å². The summed E-state index contributed by atoms with van der Waals surface area (Å²) in [6.07, 6.45) is 6.52. The van der Waals surface area contributed by atoms with Gasteiger partial charge in [0.2, 0.25) is 17.7 Å². The highest BCUT2D eigenvalue weighted by Gasteiger charge is 2.77. The highest BCUT2D eigenvalue weighted by Crippen LogP contribution is 2.75. The molecule has 2 aromatic rings. The molecule has 0 spiro atoms. The van der Waals surface area contributed by atoms with Gasteiger partial charge in [-0.15, -0.1) is 0 Å². The van der Waals surface area contributed by atoms with Crippen molar-refractivity contribution in [2.75, 3.05) is 14.1 Å². The minimum atomic E-state index is -0.860. The molecule has 0 radical (unpaired) electrons. The number of hydrogen-bond acceptors (Lipinski definition) is 6. The lowest BCUT2D eigenvalue weighted by Gasteiger charge is -2.68. The second-order valence-corrected chi connectivity index (χ2v) is 14.5. The monoisotopic (exact) mass is 667 g/mol. The smallest absolute Gasteiger partial charge is 0.309 e. The Balaban J connectivity index is 0.000000152. The van der Waals surface area contributed by atoms with Crippen molar-refractivity contribution in [2.45, 2.75) is 63.5 Å². The molecule has 252 valence electrons. The molecule has 1 N–H and O–H groups in total. The number of carbonyl (C=O) groups is 4. The minimum Gasteiger partial charge on any atom is -0.481 e. The predicted octanol–water partition coefficient (Wildman–Crippen LogP) is 4.96. The molecular weight excluding hydrogens is 634 g/mol. The van der Waals surface area contributed by atoms with Crippen molar-refractivity contribution < 1.29 is 41.8 Å². The van der Waals surface area contributed by atoms with Crippen LogP contribution in [-0.2, 0) is 19.2 Å². The normalized spacial score (nSPS) is 33.0. The van der Waals surface area contributed by atoms with Crippen LogP contribution >= 0.6 is 0 Å². The van der Waals surface area contributed by atoms with Crippen LogP contribution in [0.15, 0.2) is 46.6 Å². The van der Waals surface area contributed by atoms with Crippen LogP contribution in [0.1, 0.15) is 74.6 Å². The number of hydrazone groups is 2. The number of carboxylic acids is 1. The van der Waals surface area contributed by atoms with E-state index in [9.17, 15) is 36.7 Å². The minimum absolute atomic E-state index is 0.0656. The zero-order chi connectivity index (χ0) is 34.4. The number of halogens is 4. The third kappa shape index (κ3) is 4.73.